The molecular weight excluding hydrogens is 772 g/mol. The van der Waals surface area contributed by atoms with E-state index in [0.717, 1.165) is 4.90 Å². The number of ether oxygens (including phenoxy) is 2. The maximum atomic E-state index is 15.0. The summed E-state index contributed by atoms with van der Waals surface area (Å²) < 4.78 is 83.2. The molecule has 2 aliphatic heterocycles. The molecule has 0 unspecified atom stereocenters. The molecule has 2 aromatic rings. The number of sulfonamides is 1. The van der Waals surface area contributed by atoms with Crippen molar-refractivity contribution >= 4 is 44.6 Å². The fourth-order valence-electron chi connectivity index (χ4n) is 8.17. The van der Waals surface area contributed by atoms with Gasteiger partial charge in [-0.1, -0.05) is 32.1 Å². The van der Waals surface area contributed by atoms with Gasteiger partial charge in [0.2, 0.25) is 27.7 Å². The smallest absolute Gasteiger partial charge is 0.411 e. The van der Waals surface area contributed by atoms with Crippen molar-refractivity contribution in [2.24, 2.45) is 17.8 Å². The maximum Gasteiger partial charge on any atom is 0.411 e. The Morgan fingerprint density at radius 3 is 2.44 bits per heavy atom. The van der Waals surface area contributed by atoms with Crippen molar-refractivity contribution in [2.45, 2.75) is 120 Å². The van der Waals surface area contributed by atoms with Crippen molar-refractivity contribution in [3.63, 3.8) is 0 Å². The van der Waals surface area contributed by atoms with E-state index in [1.807, 2.05) is 6.92 Å². The number of halogens is 3. The van der Waals surface area contributed by atoms with Crippen molar-refractivity contribution in [3.05, 3.63) is 42.6 Å². The van der Waals surface area contributed by atoms with E-state index in [1.54, 1.807) is 36.4 Å². The predicted molar refractivity (Wildman–Crippen MR) is 202 cm³/mol. The number of hydrogen-bond acceptors (Lipinski definition) is 9. The van der Waals surface area contributed by atoms with Gasteiger partial charge < -0.3 is 24.8 Å². The van der Waals surface area contributed by atoms with Crippen LogP contribution >= 0.6 is 0 Å². The first-order valence-corrected chi connectivity index (χ1v) is 20.6. The van der Waals surface area contributed by atoms with Crippen molar-refractivity contribution in [1.29, 1.82) is 0 Å². The number of nitrogens with zero attached hydrogens (tertiary/aromatic N) is 3. The Labute approximate surface area is 329 Å². The predicted octanol–water partition coefficient (Wildman–Crippen LogP) is 5.17. The van der Waals surface area contributed by atoms with Gasteiger partial charge in [-0.05, 0) is 89.3 Å². The summed E-state index contributed by atoms with van der Waals surface area (Å²) in [6, 6.07) is 3.53. The first kappa shape index (κ1) is 42.0. The quantitative estimate of drug-likeness (QED) is 0.301. The first-order valence-electron chi connectivity index (χ1n) is 19.1. The molecule has 3 N–H and O–H groups in total. The highest BCUT2D eigenvalue weighted by atomic mass is 32.2. The van der Waals surface area contributed by atoms with E-state index in [1.165, 1.54) is 27.2 Å². The lowest BCUT2D eigenvalue weighted by Gasteiger charge is -2.45. The molecule has 4 amide bonds. The third-order valence-corrected chi connectivity index (χ3v) is 14.4. The zero-order valence-electron chi connectivity index (χ0n) is 32.8. The molecule has 6 rings (SSSR count). The molecule has 1 saturated heterocycles. The van der Waals surface area contributed by atoms with E-state index >= 15 is 0 Å². The fourth-order valence-corrected chi connectivity index (χ4v) is 9.48. The largest absolute Gasteiger partial charge is 0.496 e. The molecule has 0 spiro atoms. The number of aromatic nitrogens is 1. The van der Waals surface area contributed by atoms with Crippen molar-refractivity contribution in [3.8, 4) is 11.6 Å². The number of alkyl halides is 3. The minimum absolute atomic E-state index is 0.0530. The van der Waals surface area contributed by atoms with E-state index in [9.17, 15) is 45.9 Å². The number of methoxy groups -OCH3 is 1. The number of carbonyl (C=O) groups is 4. The van der Waals surface area contributed by atoms with Gasteiger partial charge in [0.05, 0.1) is 18.4 Å². The highest BCUT2D eigenvalue weighted by Gasteiger charge is 2.64. The lowest BCUT2D eigenvalue weighted by atomic mass is 9.85. The Hall–Kier alpha value is -4.61. The molecule has 14 nitrogen and oxygen atoms in total. The molecule has 3 fully saturated rings. The van der Waals surface area contributed by atoms with Crippen LogP contribution in [0.25, 0.3) is 10.8 Å². The van der Waals surface area contributed by atoms with Crippen molar-refractivity contribution in [1.82, 2.24) is 24.8 Å². The minimum atomic E-state index is -5.09. The van der Waals surface area contributed by atoms with Gasteiger partial charge in [-0.15, -0.1) is 0 Å². The van der Waals surface area contributed by atoms with Gasteiger partial charge in [0.25, 0.3) is 5.91 Å². The average molecular weight is 822 g/mol. The van der Waals surface area contributed by atoms with Gasteiger partial charge in [0.15, 0.2) is 0 Å². The van der Waals surface area contributed by atoms with Crippen LogP contribution in [0, 0.1) is 17.8 Å². The van der Waals surface area contributed by atoms with Gasteiger partial charge in [-0.2, -0.15) is 13.2 Å². The second kappa shape index (κ2) is 15.0. The van der Waals surface area contributed by atoms with Crippen LogP contribution in [0.1, 0.15) is 79.6 Å². The number of nitrogens with one attached hydrogen (secondary N) is 2. The molecule has 2 aliphatic carbocycles. The Morgan fingerprint density at radius 1 is 1.11 bits per heavy atom. The van der Waals surface area contributed by atoms with Crippen LogP contribution in [-0.4, -0.2) is 106 Å². The Bertz CT molecular complexity index is 2070. The monoisotopic (exact) mass is 821 g/mol. The van der Waals surface area contributed by atoms with Crippen LogP contribution in [-0.2, 0) is 24.4 Å². The van der Waals surface area contributed by atoms with Crippen LogP contribution < -0.4 is 19.5 Å². The number of rotatable bonds is 8. The van der Waals surface area contributed by atoms with E-state index in [2.05, 4.69) is 15.0 Å². The topological polar surface area (TPSA) is 185 Å². The van der Waals surface area contributed by atoms with Gasteiger partial charge in [0.1, 0.15) is 35.0 Å². The number of pyridine rings is 1. The number of hydrogen-bond donors (Lipinski definition) is 3. The Kier molecular flexibility index (Phi) is 11.0. The summed E-state index contributed by atoms with van der Waals surface area (Å²) in [5.74, 6) is -3.96. The number of allylic oxidation sites excluding steroid dienone is 1. The molecule has 1 aromatic heterocycles. The Morgan fingerprint density at radius 2 is 1.81 bits per heavy atom. The van der Waals surface area contributed by atoms with Crippen molar-refractivity contribution in [2.75, 3.05) is 13.7 Å². The van der Waals surface area contributed by atoms with E-state index in [0.29, 0.717) is 56.1 Å². The summed E-state index contributed by atoms with van der Waals surface area (Å²) in [6.45, 7) is 5.92. The van der Waals surface area contributed by atoms with Crippen LogP contribution in [0.4, 0.5) is 18.0 Å². The SMILES string of the molecule is COc1cccc2c(O[C@@H]3C[C@H]4C(=O)N[C@]5(C(=O)NS(=O)(=O)C6(C)CC6)C[C@H]5/C=C\CC[C@@H](C)C[C@@H](C)[C@H](N(C(=O)O)C(C)(C)C(F)(F)F)C(=O)N4C3)nccc12. The first-order chi connectivity index (χ1) is 26.6. The molecular formula is C39H50F3N5O9S. The third kappa shape index (κ3) is 7.85. The molecule has 4 aliphatic rings. The highest BCUT2D eigenvalue weighted by molar-refractivity contribution is 7.91. The van der Waals surface area contributed by atoms with E-state index in [-0.39, 0.29) is 42.5 Å². The molecule has 3 heterocycles. The summed E-state index contributed by atoms with van der Waals surface area (Å²) in [7, 11) is -2.62. The van der Waals surface area contributed by atoms with E-state index in [4.69, 9.17) is 9.47 Å². The van der Waals surface area contributed by atoms with Crippen LogP contribution in [0.3, 0.4) is 0 Å². The molecule has 0 bridgehead atoms. The van der Waals surface area contributed by atoms with Crippen LogP contribution in [0.15, 0.2) is 42.6 Å². The number of fused-ring (bicyclic) bond motifs is 3. The zero-order valence-corrected chi connectivity index (χ0v) is 33.6. The second-order valence-electron chi connectivity index (χ2n) is 16.8. The van der Waals surface area contributed by atoms with Gasteiger partial charge in [0, 0.05) is 29.3 Å². The number of benzene rings is 1. The lowest BCUT2D eigenvalue weighted by Crippen LogP contribution is -2.66. The fraction of sp³-hybridized carbons (Fsp3) is 0.615. The second-order valence-corrected chi connectivity index (χ2v) is 19.0. The van der Waals surface area contributed by atoms with E-state index < -0.39 is 85.9 Å². The molecule has 2 saturated carbocycles. The van der Waals surface area contributed by atoms with Gasteiger partial charge >= 0.3 is 12.3 Å². The third-order valence-electron chi connectivity index (χ3n) is 12.2. The minimum Gasteiger partial charge on any atom is -0.496 e. The summed E-state index contributed by atoms with van der Waals surface area (Å²) in [5.41, 5.74) is -4.74. The van der Waals surface area contributed by atoms with Gasteiger partial charge in [-0.25, -0.2) is 18.2 Å². The number of carbonyl (C=O) groups excluding carboxylic acids is 3. The lowest BCUT2D eigenvalue weighted by molar-refractivity contribution is -0.222. The molecule has 7 atom stereocenters. The van der Waals surface area contributed by atoms with Crippen LogP contribution in [0.2, 0.25) is 0 Å². The molecule has 0 radical (unpaired) electrons. The number of amides is 4. The standard InChI is InChI=1S/C39H50F3N5O9S/c1-22-10-7-8-11-24-20-38(24,34(50)45-57(53,54)37(5)15-16-37)44-31(48)28-19-25(56-32-27-12-9-13-29(55-6)26(27)14-17-43-32)21-46(28)33(49)30(23(2)18-22)47(35(51)52)36(3,4)39(40,41)42/h8-9,11-14,17,22-25,28,30H,7,10,15-16,18-21H2,1-6H3,(H,44,48)(H,45,50)(H,51,52)/b11-8-/t22-,23-,24-,25-,28+,30+,38-/m1/s1. The Balaban J connectivity index is 1.43. The van der Waals surface area contributed by atoms with Crippen molar-refractivity contribution < 1.29 is 55.3 Å². The maximum absolute atomic E-state index is 15.0. The van der Waals surface area contributed by atoms with Crippen LogP contribution in [0.5, 0.6) is 11.6 Å². The summed E-state index contributed by atoms with van der Waals surface area (Å²) in [4.78, 5) is 61.9. The molecule has 57 heavy (non-hydrogen) atoms. The normalized spacial score (nSPS) is 29.8. The summed E-state index contributed by atoms with van der Waals surface area (Å²) >= 11 is 0. The van der Waals surface area contributed by atoms with Gasteiger partial charge in [-0.3, -0.25) is 24.0 Å². The summed E-state index contributed by atoms with van der Waals surface area (Å²) in [5, 5.41) is 14.4. The summed E-state index contributed by atoms with van der Waals surface area (Å²) in [6.07, 6.45) is -1.34. The molecule has 18 heteroatoms. The number of carboxylic acid groups (broad SMARTS) is 1. The molecule has 1 aromatic carbocycles. The average Bonchev–Trinajstić information content (AvgIpc) is 4.01. The zero-order chi connectivity index (χ0) is 41.9. The molecule has 312 valence electrons. The highest BCUT2D eigenvalue weighted by Crippen LogP contribution is 2.48.